The van der Waals surface area contributed by atoms with Gasteiger partial charge in [-0.15, -0.1) is 0 Å². The first kappa shape index (κ1) is 15.1. The highest BCUT2D eigenvalue weighted by atomic mass is 32.2. The summed E-state index contributed by atoms with van der Waals surface area (Å²) in [6, 6.07) is -0.160. The van der Waals surface area contributed by atoms with Gasteiger partial charge in [-0.25, -0.2) is 18.1 Å². The lowest BCUT2D eigenvalue weighted by atomic mass is 10.0. The van der Waals surface area contributed by atoms with Gasteiger partial charge in [-0.3, -0.25) is 0 Å². The fraction of sp³-hybridized carbons (Fsp3) is 0.727. The standard InChI is InChI=1S/C11H22N4O2S/c1-4-15-7-11(13-8-15)18(16,17)14-10(5-6-12)9(2)3/h7-10,14H,4-6,12H2,1-3H3. The van der Waals surface area contributed by atoms with Crippen molar-refractivity contribution in [2.45, 2.75) is 44.8 Å². The van der Waals surface area contributed by atoms with Gasteiger partial charge in [0.1, 0.15) is 0 Å². The van der Waals surface area contributed by atoms with Crippen molar-refractivity contribution in [2.75, 3.05) is 6.54 Å². The molecule has 0 fully saturated rings. The van der Waals surface area contributed by atoms with Crippen LogP contribution in [0.5, 0.6) is 0 Å². The Morgan fingerprint density at radius 3 is 2.61 bits per heavy atom. The van der Waals surface area contributed by atoms with Crippen LogP contribution in [-0.4, -0.2) is 30.6 Å². The summed E-state index contributed by atoms with van der Waals surface area (Å²) in [6.07, 6.45) is 3.66. The fourth-order valence-electron chi connectivity index (χ4n) is 1.62. The van der Waals surface area contributed by atoms with Crippen molar-refractivity contribution in [1.82, 2.24) is 14.3 Å². The average molecular weight is 274 g/mol. The third-order valence-corrected chi connectivity index (χ3v) is 4.21. The van der Waals surface area contributed by atoms with Gasteiger partial charge in [0, 0.05) is 18.8 Å². The Morgan fingerprint density at radius 1 is 1.50 bits per heavy atom. The fourth-order valence-corrected chi connectivity index (χ4v) is 2.99. The quantitative estimate of drug-likeness (QED) is 0.760. The zero-order valence-corrected chi connectivity index (χ0v) is 11.9. The van der Waals surface area contributed by atoms with Crippen molar-refractivity contribution in [3.05, 3.63) is 12.5 Å². The topological polar surface area (TPSA) is 90.0 Å². The third kappa shape index (κ3) is 3.79. The van der Waals surface area contributed by atoms with Crippen molar-refractivity contribution in [2.24, 2.45) is 11.7 Å². The summed E-state index contributed by atoms with van der Waals surface area (Å²) in [6.45, 7) is 7.01. The second kappa shape index (κ2) is 6.31. The van der Waals surface area contributed by atoms with Crippen LogP contribution < -0.4 is 10.5 Å². The Hall–Kier alpha value is -0.920. The van der Waals surface area contributed by atoms with Crippen molar-refractivity contribution < 1.29 is 8.42 Å². The number of aryl methyl sites for hydroxylation is 1. The molecule has 7 heteroatoms. The molecule has 0 spiro atoms. The van der Waals surface area contributed by atoms with Crippen molar-refractivity contribution in [3.63, 3.8) is 0 Å². The average Bonchev–Trinajstić information content (AvgIpc) is 2.77. The first-order chi connectivity index (χ1) is 8.40. The molecule has 0 saturated heterocycles. The van der Waals surface area contributed by atoms with Crippen LogP contribution in [0.3, 0.4) is 0 Å². The van der Waals surface area contributed by atoms with Crippen molar-refractivity contribution in [1.29, 1.82) is 0 Å². The van der Waals surface area contributed by atoms with E-state index in [4.69, 9.17) is 5.73 Å². The molecule has 0 bridgehead atoms. The molecule has 0 aromatic carbocycles. The molecule has 1 rings (SSSR count). The molecule has 1 aromatic rings. The minimum atomic E-state index is -3.55. The molecule has 0 amide bonds. The summed E-state index contributed by atoms with van der Waals surface area (Å²) in [7, 11) is -3.55. The van der Waals surface area contributed by atoms with Crippen LogP contribution >= 0.6 is 0 Å². The molecule has 1 unspecified atom stereocenters. The van der Waals surface area contributed by atoms with Crippen LogP contribution in [0.1, 0.15) is 27.2 Å². The van der Waals surface area contributed by atoms with Gasteiger partial charge in [0.05, 0.1) is 6.33 Å². The monoisotopic (exact) mass is 274 g/mol. The zero-order chi connectivity index (χ0) is 13.8. The lowest BCUT2D eigenvalue weighted by Gasteiger charge is -2.20. The van der Waals surface area contributed by atoms with Crippen molar-refractivity contribution in [3.8, 4) is 0 Å². The summed E-state index contributed by atoms with van der Waals surface area (Å²) in [5.74, 6) is 0.191. The summed E-state index contributed by atoms with van der Waals surface area (Å²) in [5, 5.41) is 0.0621. The SMILES string of the molecule is CCn1cnc(S(=O)(=O)NC(CCN)C(C)C)c1. The highest BCUT2D eigenvalue weighted by Crippen LogP contribution is 2.11. The van der Waals surface area contributed by atoms with Gasteiger partial charge in [-0.1, -0.05) is 13.8 Å². The summed E-state index contributed by atoms with van der Waals surface area (Å²) in [4.78, 5) is 3.91. The summed E-state index contributed by atoms with van der Waals surface area (Å²) in [5.41, 5.74) is 5.50. The van der Waals surface area contributed by atoms with E-state index in [1.807, 2.05) is 20.8 Å². The highest BCUT2D eigenvalue weighted by molar-refractivity contribution is 7.89. The van der Waals surface area contributed by atoms with Gasteiger partial charge in [-0.05, 0) is 25.8 Å². The number of nitrogens with zero attached hydrogens (tertiary/aromatic N) is 2. The third-order valence-electron chi connectivity index (χ3n) is 2.84. The lowest BCUT2D eigenvalue weighted by Crippen LogP contribution is -2.40. The number of nitrogens with two attached hydrogens (primary N) is 1. The molecule has 0 saturated carbocycles. The predicted molar refractivity (Wildman–Crippen MR) is 70.5 cm³/mol. The molecule has 1 heterocycles. The molecule has 104 valence electrons. The summed E-state index contributed by atoms with van der Waals surface area (Å²) < 4.78 is 28.6. The molecular formula is C11H22N4O2S. The minimum absolute atomic E-state index is 0.0621. The zero-order valence-electron chi connectivity index (χ0n) is 11.1. The number of nitrogens with one attached hydrogen (secondary N) is 1. The second-order valence-electron chi connectivity index (χ2n) is 4.59. The summed E-state index contributed by atoms with van der Waals surface area (Å²) >= 11 is 0. The van der Waals surface area contributed by atoms with Crippen LogP contribution in [0, 0.1) is 5.92 Å². The number of hydrogen-bond donors (Lipinski definition) is 2. The van der Waals surface area contributed by atoms with E-state index >= 15 is 0 Å². The van der Waals surface area contributed by atoms with Crippen LogP contribution in [0.4, 0.5) is 0 Å². The lowest BCUT2D eigenvalue weighted by molar-refractivity contribution is 0.428. The van der Waals surface area contributed by atoms with E-state index in [9.17, 15) is 8.42 Å². The van der Waals surface area contributed by atoms with Gasteiger partial charge in [-0.2, -0.15) is 0 Å². The molecular weight excluding hydrogens is 252 g/mol. The molecule has 6 nitrogen and oxygen atoms in total. The number of imidazole rings is 1. The number of aromatic nitrogens is 2. The van der Waals surface area contributed by atoms with Gasteiger partial charge in [0.15, 0.2) is 5.03 Å². The maximum atomic E-state index is 12.1. The van der Waals surface area contributed by atoms with E-state index in [2.05, 4.69) is 9.71 Å². The van der Waals surface area contributed by atoms with Gasteiger partial charge < -0.3 is 10.3 Å². The smallest absolute Gasteiger partial charge is 0.259 e. The van der Waals surface area contributed by atoms with Crippen LogP contribution in [0.15, 0.2) is 17.6 Å². The number of sulfonamides is 1. The highest BCUT2D eigenvalue weighted by Gasteiger charge is 2.23. The van der Waals surface area contributed by atoms with Gasteiger partial charge >= 0.3 is 0 Å². The molecule has 0 aliphatic heterocycles. The Kier molecular flexibility index (Phi) is 5.30. The van der Waals surface area contributed by atoms with E-state index in [0.29, 0.717) is 19.5 Å². The number of rotatable bonds is 7. The van der Waals surface area contributed by atoms with E-state index in [1.54, 1.807) is 4.57 Å². The predicted octanol–water partition coefficient (Wildman–Crippen LogP) is 0.555. The Labute approximate surface area is 109 Å². The Morgan fingerprint density at radius 2 is 2.17 bits per heavy atom. The first-order valence-electron chi connectivity index (χ1n) is 6.15. The van der Waals surface area contributed by atoms with Gasteiger partial charge in [0.2, 0.25) is 0 Å². The minimum Gasteiger partial charge on any atom is -0.336 e. The van der Waals surface area contributed by atoms with E-state index in [0.717, 1.165) is 0 Å². The van der Waals surface area contributed by atoms with Crippen molar-refractivity contribution >= 4 is 10.0 Å². The second-order valence-corrected chi connectivity index (χ2v) is 6.25. The van der Waals surface area contributed by atoms with E-state index in [1.165, 1.54) is 12.5 Å². The molecule has 18 heavy (non-hydrogen) atoms. The van der Waals surface area contributed by atoms with E-state index in [-0.39, 0.29) is 17.0 Å². The van der Waals surface area contributed by atoms with E-state index < -0.39 is 10.0 Å². The maximum absolute atomic E-state index is 12.1. The largest absolute Gasteiger partial charge is 0.336 e. The molecule has 3 N–H and O–H groups in total. The van der Waals surface area contributed by atoms with Crippen LogP contribution in [-0.2, 0) is 16.6 Å². The normalized spacial score (nSPS) is 14.1. The molecule has 1 atom stereocenters. The Balaban J connectivity index is 2.86. The molecule has 0 aliphatic rings. The first-order valence-corrected chi connectivity index (χ1v) is 7.63. The van der Waals surface area contributed by atoms with Gasteiger partial charge in [0.25, 0.3) is 10.0 Å². The molecule has 1 aromatic heterocycles. The molecule has 0 radical (unpaired) electrons. The van der Waals surface area contributed by atoms with Crippen LogP contribution in [0.25, 0.3) is 0 Å². The van der Waals surface area contributed by atoms with Crippen LogP contribution in [0.2, 0.25) is 0 Å². The molecule has 0 aliphatic carbocycles. The number of hydrogen-bond acceptors (Lipinski definition) is 4. The Bertz CT molecular complexity index is 467. The maximum Gasteiger partial charge on any atom is 0.259 e.